The molecule has 1 heterocycles. The number of hydrogen-bond acceptors (Lipinski definition) is 4. The van der Waals surface area contributed by atoms with E-state index in [0.717, 1.165) is 30.3 Å². The first-order valence-electron chi connectivity index (χ1n) is 9.92. The molecule has 6 nitrogen and oxygen atoms in total. The molecule has 1 aliphatic carbocycles. The summed E-state index contributed by atoms with van der Waals surface area (Å²) in [6.45, 7) is 3.37. The lowest BCUT2D eigenvalue weighted by Crippen LogP contribution is -2.39. The SMILES string of the molecule is C.C[C@H](C(=O)Nc1nc2ccc(C#N)cc2n1C1CCC1)[C@@](C)(O)c1ccccc1. The smallest absolute Gasteiger partial charge is 0.232 e. The molecule has 0 bridgehead atoms. The van der Waals surface area contributed by atoms with Gasteiger partial charge in [-0.2, -0.15) is 5.26 Å². The van der Waals surface area contributed by atoms with Crippen LogP contribution in [-0.4, -0.2) is 20.6 Å². The van der Waals surface area contributed by atoms with Gasteiger partial charge in [-0.25, -0.2) is 4.98 Å². The number of rotatable bonds is 5. The van der Waals surface area contributed by atoms with Crippen LogP contribution in [0.3, 0.4) is 0 Å². The molecule has 1 saturated carbocycles. The molecule has 1 amide bonds. The van der Waals surface area contributed by atoms with Crippen LogP contribution in [-0.2, 0) is 10.4 Å². The molecule has 0 spiro atoms. The fourth-order valence-electron chi connectivity index (χ4n) is 3.76. The Balaban J connectivity index is 0.00000256. The van der Waals surface area contributed by atoms with Gasteiger partial charge in [-0.15, -0.1) is 0 Å². The van der Waals surface area contributed by atoms with Crippen LogP contribution in [0.25, 0.3) is 11.0 Å². The molecule has 1 fully saturated rings. The van der Waals surface area contributed by atoms with Crippen molar-refractivity contribution in [1.82, 2.24) is 9.55 Å². The van der Waals surface area contributed by atoms with E-state index in [4.69, 9.17) is 0 Å². The van der Waals surface area contributed by atoms with Crippen molar-refractivity contribution >= 4 is 22.9 Å². The van der Waals surface area contributed by atoms with Crippen LogP contribution in [0.1, 0.15) is 57.7 Å². The maximum absolute atomic E-state index is 13.0. The highest BCUT2D eigenvalue weighted by Gasteiger charge is 2.36. The van der Waals surface area contributed by atoms with Gasteiger partial charge in [0, 0.05) is 6.04 Å². The Bertz CT molecular complexity index is 1090. The predicted octanol–water partition coefficient (Wildman–Crippen LogP) is 4.75. The average Bonchev–Trinajstić information content (AvgIpc) is 3.03. The molecular weight excluding hydrogens is 376 g/mol. The summed E-state index contributed by atoms with van der Waals surface area (Å²) in [5.41, 5.74) is 1.54. The summed E-state index contributed by atoms with van der Waals surface area (Å²) < 4.78 is 2.03. The van der Waals surface area contributed by atoms with Crippen molar-refractivity contribution < 1.29 is 9.90 Å². The van der Waals surface area contributed by atoms with Gasteiger partial charge in [0.05, 0.1) is 34.2 Å². The number of nitriles is 1. The number of carbonyl (C=O) groups excluding carboxylic acids is 1. The molecular formula is C24H28N4O2. The van der Waals surface area contributed by atoms with Gasteiger partial charge >= 0.3 is 0 Å². The van der Waals surface area contributed by atoms with Crippen LogP contribution < -0.4 is 5.32 Å². The van der Waals surface area contributed by atoms with E-state index in [-0.39, 0.29) is 19.4 Å². The number of hydrogen-bond donors (Lipinski definition) is 2. The first-order valence-corrected chi connectivity index (χ1v) is 9.92. The quantitative estimate of drug-likeness (QED) is 0.642. The van der Waals surface area contributed by atoms with Crippen molar-refractivity contribution in [2.45, 2.75) is 52.2 Å². The third-order valence-electron chi connectivity index (χ3n) is 6.09. The molecule has 1 aromatic heterocycles. The minimum atomic E-state index is -1.31. The summed E-state index contributed by atoms with van der Waals surface area (Å²) in [6, 6.07) is 17.0. The molecule has 0 radical (unpaired) electrons. The number of anilines is 1. The van der Waals surface area contributed by atoms with Crippen molar-refractivity contribution in [2.75, 3.05) is 5.32 Å². The van der Waals surface area contributed by atoms with Crippen molar-refractivity contribution in [2.24, 2.45) is 5.92 Å². The second-order valence-electron chi connectivity index (χ2n) is 7.93. The number of aromatic nitrogens is 2. The highest BCUT2D eigenvalue weighted by molar-refractivity contribution is 5.94. The molecule has 2 atom stereocenters. The van der Waals surface area contributed by atoms with Gasteiger partial charge in [-0.05, 0) is 49.9 Å². The molecule has 156 valence electrons. The predicted molar refractivity (Wildman–Crippen MR) is 118 cm³/mol. The summed E-state index contributed by atoms with van der Waals surface area (Å²) in [7, 11) is 0. The van der Waals surface area contributed by atoms with E-state index in [9.17, 15) is 15.2 Å². The fourth-order valence-corrected chi connectivity index (χ4v) is 3.76. The highest BCUT2D eigenvalue weighted by Crippen LogP contribution is 2.38. The first kappa shape index (κ1) is 21.5. The lowest BCUT2D eigenvalue weighted by molar-refractivity contribution is -0.127. The van der Waals surface area contributed by atoms with Crippen LogP contribution in [0.5, 0.6) is 0 Å². The summed E-state index contributed by atoms with van der Waals surface area (Å²) >= 11 is 0. The van der Waals surface area contributed by atoms with Crippen LogP contribution in [0, 0.1) is 17.2 Å². The zero-order chi connectivity index (χ0) is 20.6. The molecule has 30 heavy (non-hydrogen) atoms. The third kappa shape index (κ3) is 3.69. The van der Waals surface area contributed by atoms with Gasteiger partial charge in [-0.1, -0.05) is 44.7 Å². The molecule has 2 aromatic carbocycles. The van der Waals surface area contributed by atoms with Crippen molar-refractivity contribution in [1.29, 1.82) is 5.26 Å². The van der Waals surface area contributed by atoms with Crippen LogP contribution in [0.4, 0.5) is 5.95 Å². The van der Waals surface area contributed by atoms with E-state index in [1.165, 1.54) is 0 Å². The number of nitrogens with zero attached hydrogens (tertiary/aromatic N) is 3. The Hall–Kier alpha value is -3.17. The van der Waals surface area contributed by atoms with E-state index in [0.29, 0.717) is 17.1 Å². The Labute approximate surface area is 177 Å². The van der Waals surface area contributed by atoms with Gasteiger partial charge in [0.1, 0.15) is 0 Å². The van der Waals surface area contributed by atoms with Gasteiger partial charge in [0.25, 0.3) is 0 Å². The number of aliphatic hydroxyl groups is 1. The number of amides is 1. The number of imidazole rings is 1. The molecule has 3 aromatic rings. The topological polar surface area (TPSA) is 90.9 Å². The molecule has 0 aliphatic heterocycles. The normalized spacial score (nSPS) is 16.6. The second kappa shape index (κ2) is 8.29. The third-order valence-corrected chi connectivity index (χ3v) is 6.09. The summed E-state index contributed by atoms with van der Waals surface area (Å²) in [6.07, 6.45) is 3.17. The highest BCUT2D eigenvalue weighted by atomic mass is 16.3. The maximum atomic E-state index is 13.0. The van der Waals surface area contributed by atoms with E-state index >= 15 is 0 Å². The number of fused-ring (bicyclic) bond motifs is 1. The Kier molecular flexibility index (Phi) is 5.95. The second-order valence-corrected chi connectivity index (χ2v) is 7.93. The lowest BCUT2D eigenvalue weighted by atomic mass is 9.83. The Morgan fingerprint density at radius 3 is 2.60 bits per heavy atom. The average molecular weight is 405 g/mol. The maximum Gasteiger partial charge on any atom is 0.232 e. The fraction of sp³-hybridized carbons (Fsp3) is 0.375. The van der Waals surface area contributed by atoms with Gasteiger partial charge < -0.3 is 9.67 Å². The zero-order valence-electron chi connectivity index (χ0n) is 16.6. The van der Waals surface area contributed by atoms with Gasteiger partial charge in [0.2, 0.25) is 11.9 Å². The minimum absolute atomic E-state index is 0. The van der Waals surface area contributed by atoms with E-state index in [2.05, 4.69) is 16.4 Å². The van der Waals surface area contributed by atoms with Crippen LogP contribution in [0.15, 0.2) is 48.5 Å². The van der Waals surface area contributed by atoms with E-state index in [1.807, 2.05) is 47.0 Å². The molecule has 2 N–H and O–H groups in total. The standard InChI is InChI=1S/C23H24N4O2.CH4/c1-15(23(2,29)17-7-4-3-5-8-17)21(28)26-22-25-19-12-11-16(14-24)13-20(19)27(22)18-9-6-10-18;/h3-5,7-8,11-13,15,18,29H,6,9-10H2,1-2H3,(H,25,26,28);1H4/t15-,23-;/m1./s1. The van der Waals surface area contributed by atoms with Crippen molar-refractivity contribution in [3.8, 4) is 6.07 Å². The molecule has 0 unspecified atom stereocenters. The van der Waals surface area contributed by atoms with Crippen LogP contribution >= 0.6 is 0 Å². The van der Waals surface area contributed by atoms with E-state index in [1.54, 1.807) is 19.9 Å². The number of nitrogens with one attached hydrogen (secondary N) is 1. The monoisotopic (exact) mass is 404 g/mol. The Morgan fingerprint density at radius 2 is 2.00 bits per heavy atom. The summed E-state index contributed by atoms with van der Waals surface area (Å²) in [5.74, 6) is -0.509. The summed E-state index contributed by atoms with van der Waals surface area (Å²) in [5, 5.41) is 23.2. The van der Waals surface area contributed by atoms with Crippen LogP contribution in [0.2, 0.25) is 0 Å². The van der Waals surface area contributed by atoms with Gasteiger partial charge in [-0.3, -0.25) is 10.1 Å². The minimum Gasteiger partial charge on any atom is -0.385 e. The first-order chi connectivity index (χ1) is 13.9. The number of benzene rings is 2. The van der Waals surface area contributed by atoms with E-state index < -0.39 is 11.5 Å². The van der Waals surface area contributed by atoms with Gasteiger partial charge in [0.15, 0.2) is 0 Å². The van der Waals surface area contributed by atoms with Crippen molar-refractivity contribution in [3.05, 3.63) is 59.7 Å². The number of carbonyl (C=O) groups is 1. The molecule has 0 saturated heterocycles. The largest absolute Gasteiger partial charge is 0.385 e. The molecule has 6 heteroatoms. The molecule has 1 aliphatic rings. The van der Waals surface area contributed by atoms with Crippen molar-refractivity contribution in [3.63, 3.8) is 0 Å². The Morgan fingerprint density at radius 1 is 1.30 bits per heavy atom. The lowest BCUT2D eigenvalue weighted by Gasteiger charge is -2.31. The molecule has 4 rings (SSSR count). The zero-order valence-corrected chi connectivity index (χ0v) is 16.6. The summed E-state index contributed by atoms with van der Waals surface area (Å²) in [4.78, 5) is 17.6.